The Labute approximate surface area is 133 Å². The summed E-state index contributed by atoms with van der Waals surface area (Å²) in [6.45, 7) is 2.93. The molecule has 4 heteroatoms. The summed E-state index contributed by atoms with van der Waals surface area (Å²) in [5.41, 5.74) is 3.22. The molecule has 3 nitrogen and oxygen atoms in total. The average Bonchev–Trinajstić information content (AvgIpc) is 3.13. The Morgan fingerprint density at radius 2 is 2.09 bits per heavy atom. The van der Waals surface area contributed by atoms with Gasteiger partial charge in [0.25, 0.3) is 5.91 Å². The maximum Gasteiger partial charge on any atom is 0.256 e. The highest BCUT2D eigenvalue weighted by molar-refractivity contribution is 7.10. The number of hydrogen-bond acceptors (Lipinski definition) is 2. The number of thiophene rings is 1. The van der Waals surface area contributed by atoms with Crippen LogP contribution in [0.1, 0.15) is 33.8 Å². The molecule has 0 saturated heterocycles. The van der Waals surface area contributed by atoms with Crippen LogP contribution in [0.15, 0.2) is 41.9 Å². The third kappa shape index (κ3) is 1.91. The lowest BCUT2D eigenvalue weighted by Gasteiger charge is -2.33. The topological polar surface area (TPSA) is 25.2 Å². The van der Waals surface area contributed by atoms with Crippen LogP contribution in [0.5, 0.6) is 0 Å². The SMILES string of the molecule is CC1c2ccsc2CCN1C(=O)c1cn(C)c2ccccc12. The summed E-state index contributed by atoms with van der Waals surface area (Å²) in [6.07, 6.45) is 2.93. The largest absolute Gasteiger partial charge is 0.350 e. The van der Waals surface area contributed by atoms with Crippen molar-refractivity contribution in [2.24, 2.45) is 7.05 Å². The van der Waals surface area contributed by atoms with Crippen LogP contribution in [0.3, 0.4) is 0 Å². The average molecular weight is 310 g/mol. The normalized spacial score (nSPS) is 17.7. The number of aryl methyl sites for hydroxylation is 1. The number of aromatic nitrogens is 1. The van der Waals surface area contributed by atoms with Crippen LogP contribution >= 0.6 is 11.3 Å². The number of carbonyl (C=O) groups is 1. The van der Waals surface area contributed by atoms with Crippen LogP contribution in [0, 0.1) is 0 Å². The molecule has 0 radical (unpaired) electrons. The van der Waals surface area contributed by atoms with Crippen molar-refractivity contribution in [1.82, 2.24) is 9.47 Å². The number of rotatable bonds is 1. The summed E-state index contributed by atoms with van der Waals surface area (Å²) in [6, 6.07) is 10.4. The molecule has 0 fully saturated rings. The maximum absolute atomic E-state index is 13.1. The van der Waals surface area contributed by atoms with Gasteiger partial charge in [0.05, 0.1) is 11.6 Å². The van der Waals surface area contributed by atoms with Gasteiger partial charge in [-0.1, -0.05) is 18.2 Å². The number of nitrogens with zero attached hydrogens (tertiary/aromatic N) is 2. The Hall–Kier alpha value is -2.07. The molecule has 0 spiro atoms. The zero-order chi connectivity index (χ0) is 15.3. The number of carbonyl (C=O) groups excluding carboxylic acids is 1. The zero-order valence-electron chi connectivity index (χ0n) is 12.7. The summed E-state index contributed by atoms with van der Waals surface area (Å²) in [5, 5.41) is 3.17. The van der Waals surface area contributed by atoms with Gasteiger partial charge in [-0.3, -0.25) is 4.79 Å². The van der Waals surface area contributed by atoms with Crippen LogP contribution in [-0.2, 0) is 13.5 Å². The second kappa shape index (κ2) is 4.99. The highest BCUT2D eigenvalue weighted by atomic mass is 32.1. The van der Waals surface area contributed by atoms with Crippen molar-refractivity contribution in [3.63, 3.8) is 0 Å². The fourth-order valence-electron chi connectivity index (χ4n) is 3.45. The Kier molecular flexibility index (Phi) is 3.08. The number of hydrogen-bond donors (Lipinski definition) is 0. The molecule has 2 aromatic heterocycles. The fraction of sp³-hybridized carbons (Fsp3) is 0.278. The minimum absolute atomic E-state index is 0.140. The van der Waals surface area contributed by atoms with Gasteiger partial charge in [0, 0.05) is 35.6 Å². The fourth-order valence-corrected chi connectivity index (χ4v) is 4.42. The smallest absolute Gasteiger partial charge is 0.256 e. The van der Waals surface area contributed by atoms with Crippen molar-refractivity contribution < 1.29 is 4.79 Å². The molecule has 3 heterocycles. The van der Waals surface area contributed by atoms with Gasteiger partial charge in [-0.05, 0) is 36.4 Å². The predicted octanol–water partition coefficient (Wildman–Crippen LogP) is 4.00. The monoisotopic (exact) mass is 310 g/mol. The van der Waals surface area contributed by atoms with Crippen LogP contribution in [0.25, 0.3) is 10.9 Å². The number of fused-ring (bicyclic) bond motifs is 2. The number of benzene rings is 1. The highest BCUT2D eigenvalue weighted by Crippen LogP contribution is 2.34. The first kappa shape index (κ1) is 13.6. The van der Waals surface area contributed by atoms with Gasteiger partial charge in [0.15, 0.2) is 0 Å². The third-order valence-electron chi connectivity index (χ3n) is 4.67. The summed E-state index contributed by atoms with van der Waals surface area (Å²) in [4.78, 5) is 16.5. The molecule has 3 aromatic rings. The van der Waals surface area contributed by atoms with E-state index >= 15 is 0 Å². The van der Waals surface area contributed by atoms with Crippen molar-refractivity contribution in [2.75, 3.05) is 6.54 Å². The quantitative estimate of drug-likeness (QED) is 0.667. The van der Waals surface area contributed by atoms with Crippen LogP contribution in [0.4, 0.5) is 0 Å². The molecule has 1 aromatic carbocycles. The van der Waals surface area contributed by atoms with Crippen molar-refractivity contribution in [3.8, 4) is 0 Å². The van der Waals surface area contributed by atoms with Gasteiger partial charge >= 0.3 is 0 Å². The molecule has 1 atom stereocenters. The number of para-hydroxylation sites is 1. The molecule has 22 heavy (non-hydrogen) atoms. The van der Waals surface area contributed by atoms with Crippen molar-refractivity contribution in [1.29, 1.82) is 0 Å². The molecule has 0 bridgehead atoms. The van der Waals surface area contributed by atoms with Gasteiger partial charge in [-0.2, -0.15) is 0 Å². The maximum atomic E-state index is 13.1. The van der Waals surface area contributed by atoms with Gasteiger partial charge in [-0.25, -0.2) is 0 Å². The van der Waals surface area contributed by atoms with Crippen molar-refractivity contribution in [2.45, 2.75) is 19.4 Å². The van der Waals surface area contributed by atoms with Crippen molar-refractivity contribution in [3.05, 3.63) is 57.9 Å². The molecule has 0 N–H and O–H groups in total. The first-order valence-corrected chi connectivity index (χ1v) is 8.46. The lowest BCUT2D eigenvalue weighted by atomic mass is 10.0. The zero-order valence-corrected chi connectivity index (χ0v) is 13.6. The molecule has 1 amide bonds. The standard InChI is InChI=1S/C18H18N2OS/c1-12-13-8-10-22-17(13)7-9-20(12)18(21)15-11-19(2)16-6-4-3-5-14(15)16/h3-6,8,10-12H,7,9H2,1-2H3. The van der Waals surface area contributed by atoms with E-state index in [2.05, 4.69) is 24.4 Å². The molecule has 0 aliphatic carbocycles. The van der Waals surface area contributed by atoms with Gasteiger partial charge in [0.2, 0.25) is 0 Å². The van der Waals surface area contributed by atoms with E-state index in [0.717, 1.165) is 29.4 Å². The van der Waals surface area contributed by atoms with Crippen LogP contribution in [-0.4, -0.2) is 21.9 Å². The Bertz CT molecular complexity index is 861. The molecular formula is C18H18N2OS. The Morgan fingerprint density at radius 1 is 1.27 bits per heavy atom. The van der Waals surface area contributed by atoms with Gasteiger partial charge in [-0.15, -0.1) is 11.3 Å². The molecule has 1 unspecified atom stereocenters. The van der Waals surface area contributed by atoms with E-state index in [-0.39, 0.29) is 11.9 Å². The molecule has 1 aliphatic rings. The molecule has 4 rings (SSSR count). The van der Waals surface area contributed by atoms with Gasteiger partial charge in [0.1, 0.15) is 0 Å². The summed E-state index contributed by atoms with van der Waals surface area (Å²) in [5.74, 6) is 0.140. The summed E-state index contributed by atoms with van der Waals surface area (Å²) < 4.78 is 2.03. The molecule has 0 saturated carbocycles. The summed E-state index contributed by atoms with van der Waals surface area (Å²) >= 11 is 1.80. The van der Waals surface area contributed by atoms with E-state index < -0.39 is 0 Å². The van der Waals surface area contributed by atoms with Crippen LogP contribution in [0.2, 0.25) is 0 Å². The molecule has 1 aliphatic heterocycles. The van der Waals surface area contributed by atoms with E-state index in [1.54, 1.807) is 11.3 Å². The van der Waals surface area contributed by atoms with E-state index in [4.69, 9.17) is 0 Å². The van der Waals surface area contributed by atoms with E-state index in [0.29, 0.717) is 0 Å². The third-order valence-corrected chi connectivity index (χ3v) is 5.66. The minimum atomic E-state index is 0.140. The first-order valence-electron chi connectivity index (χ1n) is 7.58. The van der Waals surface area contributed by atoms with Crippen molar-refractivity contribution >= 4 is 28.1 Å². The van der Waals surface area contributed by atoms with Gasteiger partial charge < -0.3 is 9.47 Å². The van der Waals surface area contributed by atoms with E-state index in [9.17, 15) is 4.79 Å². The van der Waals surface area contributed by atoms with E-state index in [1.807, 2.05) is 40.9 Å². The summed E-state index contributed by atoms with van der Waals surface area (Å²) in [7, 11) is 2.00. The Morgan fingerprint density at radius 3 is 2.95 bits per heavy atom. The van der Waals surface area contributed by atoms with Crippen LogP contribution < -0.4 is 0 Å². The predicted molar refractivity (Wildman–Crippen MR) is 90.4 cm³/mol. The second-order valence-electron chi connectivity index (χ2n) is 5.89. The highest BCUT2D eigenvalue weighted by Gasteiger charge is 2.30. The first-order chi connectivity index (χ1) is 10.7. The number of amides is 1. The second-order valence-corrected chi connectivity index (χ2v) is 6.90. The van der Waals surface area contributed by atoms with E-state index in [1.165, 1.54) is 10.4 Å². The molecular weight excluding hydrogens is 292 g/mol. The Balaban J connectivity index is 1.75. The lowest BCUT2D eigenvalue weighted by molar-refractivity contribution is 0.0681. The minimum Gasteiger partial charge on any atom is -0.350 e. The lowest BCUT2D eigenvalue weighted by Crippen LogP contribution is -2.38. The molecule has 112 valence electrons.